The van der Waals surface area contributed by atoms with Crippen molar-refractivity contribution in [2.75, 3.05) is 39.5 Å². The number of phenolic OH excluding ortho intramolecular Hbond substituents is 1. The molecule has 3 heterocycles. The van der Waals surface area contributed by atoms with Gasteiger partial charge in [-0.25, -0.2) is 4.68 Å². The van der Waals surface area contributed by atoms with Gasteiger partial charge >= 0.3 is 0 Å². The first-order valence-corrected chi connectivity index (χ1v) is 8.49. The molecule has 2 aromatic rings. The number of carbonyl (C=O) groups is 1. The maximum atomic E-state index is 12.7. The Hall–Kier alpha value is -2.56. The van der Waals surface area contributed by atoms with Crippen LogP contribution >= 0.6 is 0 Å². The van der Waals surface area contributed by atoms with E-state index in [-0.39, 0.29) is 29.3 Å². The summed E-state index contributed by atoms with van der Waals surface area (Å²) in [6.45, 7) is 4.03. The molecule has 138 valence electrons. The van der Waals surface area contributed by atoms with E-state index in [1.54, 1.807) is 12.1 Å². The molecule has 0 aliphatic carbocycles. The van der Waals surface area contributed by atoms with Crippen molar-refractivity contribution in [1.82, 2.24) is 30.4 Å². The Bertz CT molecular complexity index is 762. The Morgan fingerprint density at radius 1 is 1.23 bits per heavy atom. The number of carbonyl (C=O) groups excluding carboxylic acids is 1. The van der Waals surface area contributed by atoms with Crippen LogP contribution in [0.4, 0.5) is 0 Å². The minimum Gasteiger partial charge on any atom is -0.507 e. The molecule has 10 nitrogen and oxygen atoms in total. The summed E-state index contributed by atoms with van der Waals surface area (Å²) >= 11 is 0. The molecule has 0 radical (unpaired) electrons. The van der Waals surface area contributed by atoms with Crippen molar-refractivity contribution in [2.45, 2.75) is 12.1 Å². The van der Waals surface area contributed by atoms with Crippen molar-refractivity contribution in [3.63, 3.8) is 0 Å². The van der Waals surface area contributed by atoms with E-state index in [1.165, 1.54) is 17.1 Å². The number of aromatic nitrogens is 4. The third-order valence-corrected chi connectivity index (χ3v) is 4.72. The van der Waals surface area contributed by atoms with E-state index in [0.717, 1.165) is 13.1 Å². The molecule has 1 aromatic carbocycles. The van der Waals surface area contributed by atoms with Crippen LogP contribution in [0.5, 0.6) is 5.75 Å². The third kappa shape index (κ3) is 3.39. The molecule has 1 amide bonds. The van der Waals surface area contributed by atoms with Crippen LogP contribution in [0, 0.1) is 0 Å². The predicted octanol–water partition coefficient (Wildman–Crippen LogP) is -0.803. The summed E-state index contributed by atoms with van der Waals surface area (Å²) in [5, 5.41) is 24.1. The third-order valence-electron chi connectivity index (χ3n) is 4.72. The van der Waals surface area contributed by atoms with Crippen LogP contribution in [0.3, 0.4) is 0 Å². The lowest BCUT2D eigenvalue weighted by Gasteiger charge is -2.34. The molecule has 0 spiro atoms. The number of benzene rings is 1. The fraction of sp³-hybridized carbons (Fsp3) is 0.500. The summed E-state index contributed by atoms with van der Waals surface area (Å²) in [4.78, 5) is 15.0. The number of tetrazole rings is 1. The normalized spacial score (nSPS) is 23.8. The van der Waals surface area contributed by atoms with E-state index >= 15 is 0 Å². The molecule has 2 fully saturated rings. The Kier molecular flexibility index (Phi) is 4.78. The van der Waals surface area contributed by atoms with Gasteiger partial charge in [-0.05, 0) is 28.6 Å². The summed E-state index contributed by atoms with van der Waals surface area (Å²) in [5.74, 6) is -0.452. The highest BCUT2D eigenvalue weighted by molar-refractivity contribution is 5.97. The first-order chi connectivity index (χ1) is 12.7. The Morgan fingerprint density at radius 2 is 2.08 bits per heavy atom. The Labute approximate surface area is 149 Å². The van der Waals surface area contributed by atoms with Gasteiger partial charge in [-0.3, -0.25) is 9.69 Å². The van der Waals surface area contributed by atoms with Crippen molar-refractivity contribution < 1.29 is 19.4 Å². The molecule has 2 saturated heterocycles. The zero-order valence-electron chi connectivity index (χ0n) is 14.1. The van der Waals surface area contributed by atoms with Crippen molar-refractivity contribution in [3.05, 3.63) is 30.1 Å². The van der Waals surface area contributed by atoms with Crippen LogP contribution in [0.25, 0.3) is 5.69 Å². The van der Waals surface area contributed by atoms with Gasteiger partial charge in [0.1, 0.15) is 12.1 Å². The molecule has 10 heteroatoms. The van der Waals surface area contributed by atoms with E-state index in [1.807, 2.05) is 0 Å². The van der Waals surface area contributed by atoms with Crippen LogP contribution in [0.2, 0.25) is 0 Å². The minimum absolute atomic E-state index is 0.0961. The second-order valence-corrected chi connectivity index (χ2v) is 6.29. The number of phenols is 1. The number of ether oxygens (including phenoxy) is 2. The standard InChI is InChI=1S/C16H20N6O4/c23-15-2-1-11(22-10-17-19-20-22)7-12(15)16(24)18-13-8-26-9-14(13)21-3-5-25-6-4-21/h1-2,7,10,13-14,23H,3-6,8-9H2,(H,18,24)/t13-,14-/m1/s1. The molecule has 1 aromatic heterocycles. The van der Waals surface area contributed by atoms with Gasteiger partial charge in [0.15, 0.2) is 0 Å². The van der Waals surface area contributed by atoms with Crippen LogP contribution in [-0.4, -0.2) is 87.7 Å². The number of morpholine rings is 1. The molecule has 0 bridgehead atoms. The quantitative estimate of drug-likeness (QED) is 0.728. The van der Waals surface area contributed by atoms with Gasteiger partial charge in [-0.1, -0.05) is 0 Å². The molecule has 2 aliphatic heterocycles. The van der Waals surface area contributed by atoms with Crippen LogP contribution < -0.4 is 5.32 Å². The average Bonchev–Trinajstić information content (AvgIpc) is 3.35. The summed E-state index contributed by atoms with van der Waals surface area (Å²) < 4.78 is 12.4. The van der Waals surface area contributed by atoms with E-state index in [0.29, 0.717) is 32.1 Å². The lowest BCUT2D eigenvalue weighted by molar-refractivity contribution is 0.0108. The lowest BCUT2D eigenvalue weighted by atomic mass is 10.1. The predicted molar refractivity (Wildman–Crippen MR) is 89.1 cm³/mol. The molecule has 4 rings (SSSR count). The summed E-state index contributed by atoms with van der Waals surface area (Å²) in [7, 11) is 0. The Morgan fingerprint density at radius 3 is 2.85 bits per heavy atom. The number of rotatable bonds is 4. The van der Waals surface area contributed by atoms with E-state index in [2.05, 4.69) is 25.7 Å². The first kappa shape index (κ1) is 16.9. The summed E-state index contributed by atoms with van der Waals surface area (Å²) in [6, 6.07) is 4.61. The molecule has 2 atom stereocenters. The highest BCUT2D eigenvalue weighted by Gasteiger charge is 2.35. The van der Waals surface area contributed by atoms with Gasteiger partial charge in [-0.15, -0.1) is 5.10 Å². The monoisotopic (exact) mass is 360 g/mol. The molecule has 0 saturated carbocycles. The van der Waals surface area contributed by atoms with Gasteiger partial charge < -0.3 is 19.9 Å². The maximum absolute atomic E-state index is 12.7. The number of nitrogens with one attached hydrogen (secondary N) is 1. The molecular formula is C16H20N6O4. The molecule has 0 unspecified atom stereocenters. The summed E-state index contributed by atoms with van der Waals surface area (Å²) in [5.41, 5.74) is 0.760. The smallest absolute Gasteiger partial charge is 0.255 e. The molecular weight excluding hydrogens is 340 g/mol. The Balaban J connectivity index is 1.49. The van der Waals surface area contributed by atoms with Crippen molar-refractivity contribution in [3.8, 4) is 11.4 Å². The average molecular weight is 360 g/mol. The van der Waals surface area contributed by atoms with Gasteiger partial charge in [-0.2, -0.15) is 0 Å². The lowest BCUT2D eigenvalue weighted by Crippen LogP contribution is -2.54. The van der Waals surface area contributed by atoms with Crippen LogP contribution in [-0.2, 0) is 9.47 Å². The largest absolute Gasteiger partial charge is 0.507 e. The fourth-order valence-corrected chi connectivity index (χ4v) is 3.32. The minimum atomic E-state index is -0.355. The van der Waals surface area contributed by atoms with Crippen LogP contribution in [0.1, 0.15) is 10.4 Å². The van der Waals surface area contributed by atoms with Gasteiger partial charge in [0.25, 0.3) is 5.91 Å². The van der Waals surface area contributed by atoms with E-state index in [9.17, 15) is 9.90 Å². The van der Waals surface area contributed by atoms with Gasteiger partial charge in [0, 0.05) is 13.1 Å². The fourth-order valence-electron chi connectivity index (χ4n) is 3.32. The van der Waals surface area contributed by atoms with Gasteiger partial charge in [0.2, 0.25) is 0 Å². The second kappa shape index (κ2) is 7.36. The number of amides is 1. The van der Waals surface area contributed by atoms with Gasteiger partial charge in [0.05, 0.1) is 49.8 Å². The summed E-state index contributed by atoms with van der Waals surface area (Å²) in [6.07, 6.45) is 1.42. The van der Waals surface area contributed by atoms with Crippen LogP contribution in [0.15, 0.2) is 24.5 Å². The van der Waals surface area contributed by atoms with Crippen molar-refractivity contribution in [2.24, 2.45) is 0 Å². The number of hydrogen-bond acceptors (Lipinski definition) is 8. The number of aromatic hydroxyl groups is 1. The van der Waals surface area contributed by atoms with E-state index in [4.69, 9.17) is 9.47 Å². The molecule has 2 aliphatic rings. The molecule has 26 heavy (non-hydrogen) atoms. The topological polar surface area (TPSA) is 115 Å². The highest BCUT2D eigenvalue weighted by Crippen LogP contribution is 2.22. The van der Waals surface area contributed by atoms with Crippen molar-refractivity contribution in [1.29, 1.82) is 0 Å². The molecule has 2 N–H and O–H groups in total. The maximum Gasteiger partial charge on any atom is 0.255 e. The first-order valence-electron chi connectivity index (χ1n) is 8.49. The SMILES string of the molecule is O=C(N[C@@H]1COC[C@H]1N1CCOCC1)c1cc(-n2cnnn2)ccc1O. The second-order valence-electron chi connectivity index (χ2n) is 6.29. The van der Waals surface area contributed by atoms with Crippen molar-refractivity contribution >= 4 is 5.91 Å². The number of hydrogen-bond donors (Lipinski definition) is 2. The van der Waals surface area contributed by atoms with E-state index < -0.39 is 0 Å². The number of nitrogens with zero attached hydrogens (tertiary/aromatic N) is 5. The zero-order valence-corrected chi connectivity index (χ0v) is 14.1. The highest BCUT2D eigenvalue weighted by atomic mass is 16.5. The zero-order chi connectivity index (χ0) is 17.9.